The van der Waals surface area contributed by atoms with E-state index in [1.54, 1.807) is 5.56 Å². The van der Waals surface area contributed by atoms with Gasteiger partial charge in [0.25, 0.3) is 0 Å². The molecule has 2 aliphatic rings. The van der Waals surface area contributed by atoms with E-state index in [2.05, 4.69) is 37.3 Å². The third-order valence-corrected chi connectivity index (χ3v) is 6.18. The average molecular weight is 372 g/mol. The first-order valence-electron chi connectivity index (χ1n) is 9.27. The van der Waals surface area contributed by atoms with Gasteiger partial charge in [-0.05, 0) is 49.4 Å². The number of benzene rings is 1. The smallest absolute Gasteiger partial charge is 0 e. The maximum atomic E-state index is 3.14. The van der Waals surface area contributed by atoms with Gasteiger partial charge in [0, 0.05) is 32.7 Å². The quantitative estimate of drug-likeness (QED) is 0.539. The van der Waals surface area contributed by atoms with Gasteiger partial charge in [0.1, 0.15) is 0 Å². The summed E-state index contributed by atoms with van der Waals surface area (Å²) in [5.41, 5.74) is 1.55. The number of hydrogen-bond donors (Lipinski definition) is 0. The van der Waals surface area contributed by atoms with Crippen LogP contribution in [-0.4, -0.2) is 0 Å². The van der Waals surface area contributed by atoms with Crippen LogP contribution >= 0.6 is 0 Å². The summed E-state index contributed by atoms with van der Waals surface area (Å²) in [5.74, 6) is 3.91. The molecule has 2 saturated carbocycles. The van der Waals surface area contributed by atoms with Crippen LogP contribution in [0.15, 0.2) is 24.3 Å². The molecule has 1 heteroatoms. The molecule has 1 aromatic rings. The molecule has 1 aromatic carbocycles. The molecule has 2 fully saturated rings. The molecule has 0 nitrogen and oxygen atoms in total. The van der Waals surface area contributed by atoms with Crippen LogP contribution in [0.5, 0.6) is 0 Å². The van der Waals surface area contributed by atoms with Crippen LogP contribution in [0.2, 0.25) is 0 Å². The second-order valence-electron chi connectivity index (χ2n) is 7.75. The fraction of sp³-hybridized carbons (Fsp3) is 0.714. The molecular formula is C21H31Y-. The van der Waals surface area contributed by atoms with E-state index in [1.807, 2.05) is 0 Å². The molecule has 1 radical (unpaired) electrons. The molecule has 0 aliphatic heterocycles. The Kier molecular flexibility index (Phi) is 8.12. The predicted octanol–water partition coefficient (Wildman–Crippen LogP) is 6.36. The summed E-state index contributed by atoms with van der Waals surface area (Å²) in [5, 5.41) is 0. The van der Waals surface area contributed by atoms with Crippen LogP contribution in [0.3, 0.4) is 0 Å². The molecule has 2 aliphatic carbocycles. The molecule has 119 valence electrons. The summed E-state index contributed by atoms with van der Waals surface area (Å²) in [6.45, 7) is 2.43. The molecular weight excluding hydrogens is 341 g/mol. The van der Waals surface area contributed by atoms with Crippen LogP contribution in [0.25, 0.3) is 0 Å². The standard InChI is InChI=1S/C21H31.Y/c1-17-7-9-18(10-8-17)11-12-19-13-15-21(16-14-19)20-5-3-2-4-6-20;/h3-6,17-19,21H,7-16H2,1H3;/q-1;. The van der Waals surface area contributed by atoms with Gasteiger partial charge in [0.05, 0.1) is 0 Å². The van der Waals surface area contributed by atoms with Crippen LogP contribution < -0.4 is 0 Å². The summed E-state index contributed by atoms with van der Waals surface area (Å²) >= 11 is 0. The van der Waals surface area contributed by atoms with Crippen LogP contribution in [-0.2, 0) is 32.7 Å². The van der Waals surface area contributed by atoms with E-state index in [9.17, 15) is 0 Å². The first kappa shape index (κ1) is 18.7. The normalized spacial score (nSPS) is 32.2. The molecule has 0 N–H and O–H groups in total. The SMILES string of the molecule is CC1CCC(CCC2CCC(c3cc[c-]cc3)CC2)CC1.[Y]. The van der Waals surface area contributed by atoms with E-state index in [0.717, 1.165) is 23.7 Å². The Bertz CT molecular complexity index is 397. The molecule has 0 heterocycles. The van der Waals surface area contributed by atoms with Gasteiger partial charge in [-0.3, -0.25) is 0 Å². The third kappa shape index (κ3) is 5.45. The third-order valence-electron chi connectivity index (χ3n) is 6.18. The minimum Gasteiger partial charge on any atom is -0.184 e. The fourth-order valence-corrected chi connectivity index (χ4v) is 4.55. The summed E-state index contributed by atoms with van der Waals surface area (Å²) in [4.78, 5) is 0. The van der Waals surface area contributed by atoms with Gasteiger partial charge in [0.15, 0.2) is 0 Å². The van der Waals surface area contributed by atoms with Gasteiger partial charge in [0.2, 0.25) is 0 Å². The van der Waals surface area contributed by atoms with Crippen molar-refractivity contribution >= 4 is 0 Å². The zero-order chi connectivity index (χ0) is 14.5. The summed E-state index contributed by atoms with van der Waals surface area (Å²) in [6.07, 6.45) is 14.8. The molecule has 3 rings (SSSR count). The van der Waals surface area contributed by atoms with Crippen molar-refractivity contribution in [3.8, 4) is 0 Å². The van der Waals surface area contributed by atoms with Gasteiger partial charge in [-0.15, -0.1) is 0 Å². The second-order valence-corrected chi connectivity index (χ2v) is 7.75. The van der Waals surface area contributed by atoms with E-state index < -0.39 is 0 Å². The molecule has 0 atom stereocenters. The predicted molar refractivity (Wildman–Crippen MR) is 90.3 cm³/mol. The van der Waals surface area contributed by atoms with Crippen LogP contribution in [0.1, 0.15) is 82.6 Å². The van der Waals surface area contributed by atoms with Gasteiger partial charge >= 0.3 is 0 Å². The number of rotatable bonds is 4. The Balaban J connectivity index is 0.00000176. The van der Waals surface area contributed by atoms with Gasteiger partial charge < -0.3 is 0 Å². The van der Waals surface area contributed by atoms with Crippen molar-refractivity contribution in [2.24, 2.45) is 17.8 Å². The van der Waals surface area contributed by atoms with Gasteiger partial charge in [-0.2, -0.15) is 35.9 Å². The molecule has 0 amide bonds. The first-order chi connectivity index (χ1) is 10.3. The zero-order valence-electron chi connectivity index (χ0n) is 14.3. The average Bonchev–Trinajstić information content (AvgIpc) is 2.56. The Morgan fingerprint density at radius 1 is 0.818 bits per heavy atom. The molecule has 0 unspecified atom stereocenters. The molecule has 0 saturated heterocycles. The Labute approximate surface area is 162 Å². The Hall–Kier alpha value is 0.324. The number of hydrogen-bond acceptors (Lipinski definition) is 0. The van der Waals surface area contributed by atoms with E-state index in [1.165, 1.54) is 64.2 Å². The van der Waals surface area contributed by atoms with Crippen molar-refractivity contribution in [2.75, 3.05) is 0 Å². The van der Waals surface area contributed by atoms with Crippen molar-refractivity contribution < 1.29 is 32.7 Å². The van der Waals surface area contributed by atoms with Gasteiger partial charge in [-0.25, -0.2) is 0 Å². The fourth-order valence-electron chi connectivity index (χ4n) is 4.55. The van der Waals surface area contributed by atoms with E-state index in [0.29, 0.717) is 0 Å². The van der Waals surface area contributed by atoms with Crippen LogP contribution in [0.4, 0.5) is 0 Å². The van der Waals surface area contributed by atoms with Crippen molar-refractivity contribution in [3.63, 3.8) is 0 Å². The van der Waals surface area contributed by atoms with Crippen molar-refractivity contribution in [1.82, 2.24) is 0 Å². The maximum absolute atomic E-state index is 3.14. The Morgan fingerprint density at radius 3 is 1.86 bits per heavy atom. The maximum Gasteiger partial charge on any atom is 0 e. The Morgan fingerprint density at radius 2 is 1.32 bits per heavy atom. The summed E-state index contributed by atoms with van der Waals surface area (Å²) < 4.78 is 0. The van der Waals surface area contributed by atoms with E-state index in [4.69, 9.17) is 0 Å². The van der Waals surface area contributed by atoms with Crippen molar-refractivity contribution in [3.05, 3.63) is 35.9 Å². The first-order valence-corrected chi connectivity index (χ1v) is 9.27. The van der Waals surface area contributed by atoms with Crippen molar-refractivity contribution in [1.29, 1.82) is 0 Å². The molecule has 0 aromatic heterocycles. The van der Waals surface area contributed by atoms with E-state index in [-0.39, 0.29) is 32.7 Å². The minimum absolute atomic E-state index is 0. The topological polar surface area (TPSA) is 0 Å². The van der Waals surface area contributed by atoms with Crippen molar-refractivity contribution in [2.45, 2.75) is 77.0 Å². The molecule has 0 bridgehead atoms. The largest absolute Gasteiger partial charge is 0.184 e. The monoisotopic (exact) mass is 372 g/mol. The van der Waals surface area contributed by atoms with Gasteiger partial charge in [-0.1, -0.05) is 45.4 Å². The minimum atomic E-state index is 0. The summed E-state index contributed by atoms with van der Waals surface area (Å²) in [6, 6.07) is 11.8. The second kappa shape index (κ2) is 9.58. The molecule has 22 heavy (non-hydrogen) atoms. The summed E-state index contributed by atoms with van der Waals surface area (Å²) in [7, 11) is 0. The molecule has 0 spiro atoms. The zero-order valence-corrected chi connectivity index (χ0v) is 17.1. The van der Waals surface area contributed by atoms with Crippen LogP contribution in [0, 0.1) is 23.8 Å². The van der Waals surface area contributed by atoms with E-state index >= 15 is 0 Å².